The van der Waals surface area contributed by atoms with Gasteiger partial charge in [-0.3, -0.25) is 9.79 Å². The van der Waals surface area contributed by atoms with Crippen LogP contribution in [0.3, 0.4) is 0 Å². The van der Waals surface area contributed by atoms with Crippen molar-refractivity contribution in [2.24, 2.45) is 4.99 Å². The Balaban J connectivity index is 0.00000156. The molecule has 0 saturated heterocycles. The van der Waals surface area contributed by atoms with E-state index in [1.165, 1.54) is 0 Å². The van der Waals surface area contributed by atoms with Gasteiger partial charge in [0.25, 0.3) is 5.91 Å². The molecule has 0 aliphatic carbocycles. The lowest BCUT2D eigenvalue weighted by molar-refractivity contribution is -0.120. The predicted octanol–water partition coefficient (Wildman–Crippen LogP) is 3.38. The summed E-state index contributed by atoms with van der Waals surface area (Å²) in [5.74, 6) is 0.640. The minimum Gasteiger partial charge on any atom is -0.481 e. The van der Waals surface area contributed by atoms with Gasteiger partial charge in [0.05, 0.1) is 11.4 Å². The molecule has 1 aromatic rings. The van der Waals surface area contributed by atoms with Gasteiger partial charge in [-0.1, -0.05) is 23.4 Å². The van der Waals surface area contributed by atoms with E-state index in [0.29, 0.717) is 16.5 Å². The average Bonchev–Trinajstić information content (AvgIpc) is 2.94. The Hall–Kier alpha value is -1.18. The van der Waals surface area contributed by atoms with Crippen molar-refractivity contribution in [1.29, 1.82) is 0 Å². The van der Waals surface area contributed by atoms with E-state index in [2.05, 4.69) is 15.3 Å². The number of amides is 1. The summed E-state index contributed by atoms with van der Waals surface area (Å²) < 4.78 is 5.72. The molecule has 4 rings (SSSR count). The molecule has 0 aromatic heterocycles. The van der Waals surface area contributed by atoms with Gasteiger partial charge in [-0.2, -0.15) is 0 Å². The Kier molecular flexibility index (Phi) is 4.62. The summed E-state index contributed by atoms with van der Waals surface area (Å²) in [5.41, 5.74) is 2.68. The van der Waals surface area contributed by atoms with Gasteiger partial charge in [-0.15, -0.1) is 17.0 Å². The van der Waals surface area contributed by atoms with Crippen molar-refractivity contribution >= 4 is 62.8 Å². The highest BCUT2D eigenvalue weighted by Gasteiger charge is 2.32. The summed E-state index contributed by atoms with van der Waals surface area (Å²) >= 11 is 7.89. The third-order valence-electron chi connectivity index (χ3n) is 3.97. The fourth-order valence-corrected chi connectivity index (χ4v) is 3.99. The maximum atomic E-state index is 11.8. The average molecular weight is 417 g/mol. The number of nitrogens with zero attached hydrogens (tertiary/aromatic N) is 3. The monoisotopic (exact) mass is 415 g/mol. The fraction of sp³-hybridized carbons (Fsp3) is 0.333. The lowest BCUT2D eigenvalue weighted by Gasteiger charge is -2.31. The van der Waals surface area contributed by atoms with E-state index in [0.717, 1.165) is 35.9 Å². The van der Waals surface area contributed by atoms with Gasteiger partial charge in [-0.05, 0) is 18.6 Å². The highest BCUT2D eigenvalue weighted by atomic mass is 79.9. The number of hydrogen-bond acceptors (Lipinski definition) is 5. The number of amidine groups is 1. The number of anilines is 1. The van der Waals surface area contributed by atoms with Crippen LogP contribution in [-0.4, -0.2) is 42.7 Å². The van der Waals surface area contributed by atoms with Crippen LogP contribution in [0.2, 0.25) is 5.02 Å². The van der Waals surface area contributed by atoms with E-state index >= 15 is 0 Å². The van der Waals surface area contributed by atoms with Gasteiger partial charge in [0.1, 0.15) is 0 Å². The maximum Gasteiger partial charge on any atom is 0.264 e. The number of hydrogen-bond donors (Lipinski definition) is 0. The molecule has 0 radical (unpaired) electrons. The first-order chi connectivity index (χ1) is 10.6. The number of carbonyl (C=O) groups is 1. The van der Waals surface area contributed by atoms with Gasteiger partial charge in [-0.25, -0.2) is 0 Å². The Bertz CT molecular complexity index is 738. The molecule has 1 amide bonds. The number of halogens is 2. The van der Waals surface area contributed by atoms with Crippen molar-refractivity contribution in [3.63, 3.8) is 0 Å². The Labute approximate surface area is 154 Å². The van der Waals surface area contributed by atoms with Crippen LogP contribution < -0.4 is 9.64 Å². The second-order valence-corrected chi connectivity index (χ2v) is 6.61. The van der Waals surface area contributed by atoms with E-state index in [-0.39, 0.29) is 29.5 Å². The molecular weight excluding hydrogens is 402 g/mol. The third kappa shape index (κ3) is 2.75. The number of thioether (sulfide) groups is 1. The molecule has 3 aliphatic heterocycles. The molecule has 0 spiro atoms. The molecule has 5 nitrogen and oxygen atoms in total. The van der Waals surface area contributed by atoms with Crippen molar-refractivity contribution in [3.8, 4) is 5.75 Å². The minimum atomic E-state index is -0.0734. The summed E-state index contributed by atoms with van der Waals surface area (Å²) in [5, 5.41) is 3.69. The Morgan fingerprint density at radius 2 is 2.22 bits per heavy atom. The highest BCUT2D eigenvalue weighted by molar-refractivity contribution is 8.93. The topological polar surface area (TPSA) is 45.1 Å². The van der Waals surface area contributed by atoms with Crippen molar-refractivity contribution in [3.05, 3.63) is 28.1 Å². The number of rotatable bonds is 1. The lowest BCUT2D eigenvalue weighted by atomic mass is 10.1. The molecule has 0 bridgehead atoms. The van der Waals surface area contributed by atoms with E-state index in [1.54, 1.807) is 29.8 Å². The Morgan fingerprint density at radius 1 is 1.39 bits per heavy atom. The standard InChI is InChI=1S/C15H14ClN3O2S.BrH/c1-18-11-6-9(16)5-10(14(11)21-7-13(18)20)12-8-22-15-17-3-2-4-19(12)15;/h5-6,8H,2-4,7H2,1H3;1H. The van der Waals surface area contributed by atoms with Crippen molar-refractivity contribution in [1.82, 2.24) is 4.90 Å². The third-order valence-corrected chi connectivity index (χ3v) is 5.09. The van der Waals surface area contributed by atoms with Crippen LogP contribution in [0.1, 0.15) is 12.0 Å². The first kappa shape index (κ1) is 16.7. The second kappa shape index (κ2) is 6.37. The van der Waals surface area contributed by atoms with Crippen LogP contribution in [0.4, 0.5) is 5.69 Å². The van der Waals surface area contributed by atoms with E-state index in [1.807, 2.05) is 6.07 Å². The predicted molar refractivity (Wildman–Crippen MR) is 99.9 cm³/mol. The van der Waals surface area contributed by atoms with Gasteiger partial charge in [0.2, 0.25) is 0 Å². The molecule has 23 heavy (non-hydrogen) atoms. The van der Waals surface area contributed by atoms with Crippen molar-refractivity contribution in [2.75, 3.05) is 31.6 Å². The molecule has 3 heterocycles. The molecule has 0 unspecified atom stereocenters. The number of aliphatic imine (C=N–C) groups is 1. The van der Waals surface area contributed by atoms with E-state index in [9.17, 15) is 4.79 Å². The molecule has 0 fully saturated rings. The first-order valence-electron chi connectivity index (χ1n) is 7.07. The first-order valence-corrected chi connectivity index (χ1v) is 8.33. The number of carbonyl (C=O) groups excluding carboxylic acids is 1. The maximum absolute atomic E-state index is 11.8. The normalized spacial score (nSPS) is 19.3. The van der Waals surface area contributed by atoms with E-state index in [4.69, 9.17) is 16.3 Å². The molecule has 3 aliphatic rings. The zero-order chi connectivity index (χ0) is 15.3. The smallest absolute Gasteiger partial charge is 0.264 e. The molecule has 0 N–H and O–H groups in total. The van der Waals surface area contributed by atoms with E-state index < -0.39 is 0 Å². The summed E-state index contributed by atoms with van der Waals surface area (Å²) in [7, 11) is 1.75. The van der Waals surface area contributed by atoms with Gasteiger partial charge >= 0.3 is 0 Å². The summed E-state index contributed by atoms with van der Waals surface area (Å²) in [4.78, 5) is 20.2. The number of fused-ring (bicyclic) bond motifs is 2. The van der Waals surface area contributed by atoms with Gasteiger partial charge in [0, 0.05) is 36.1 Å². The Morgan fingerprint density at radius 3 is 3.04 bits per heavy atom. The van der Waals surface area contributed by atoms with Crippen molar-refractivity contribution in [2.45, 2.75) is 6.42 Å². The van der Waals surface area contributed by atoms with Crippen LogP contribution in [0.15, 0.2) is 22.5 Å². The second-order valence-electron chi connectivity index (χ2n) is 5.33. The lowest BCUT2D eigenvalue weighted by Crippen LogP contribution is -2.36. The van der Waals surface area contributed by atoms with Crippen LogP contribution in [0, 0.1) is 0 Å². The molecule has 1 aromatic carbocycles. The molecule has 0 saturated carbocycles. The highest BCUT2D eigenvalue weighted by Crippen LogP contribution is 2.45. The van der Waals surface area contributed by atoms with Crippen LogP contribution in [-0.2, 0) is 4.79 Å². The molecule has 0 atom stereocenters. The zero-order valence-electron chi connectivity index (χ0n) is 12.4. The number of likely N-dealkylation sites (N-methyl/N-ethyl adjacent to an activating group) is 1. The number of benzene rings is 1. The molecular formula is C15H15BrClN3O2S. The molecule has 122 valence electrons. The summed E-state index contributed by atoms with van der Waals surface area (Å²) in [6.45, 7) is 1.87. The van der Waals surface area contributed by atoms with Crippen LogP contribution >= 0.6 is 40.3 Å². The molecule has 8 heteroatoms. The fourth-order valence-electron chi connectivity index (χ4n) is 2.83. The van der Waals surface area contributed by atoms with Crippen LogP contribution in [0.5, 0.6) is 5.75 Å². The largest absolute Gasteiger partial charge is 0.481 e. The number of ether oxygens (including phenoxy) is 1. The minimum absolute atomic E-state index is 0. The SMILES string of the molecule is Br.CN1C(=O)COc2c(C3=CSC4=NCCCN34)cc(Cl)cc21. The van der Waals surface area contributed by atoms with Crippen LogP contribution in [0.25, 0.3) is 5.70 Å². The zero-order valence-corrected chi connectivity index (χ0v) is 15.7. The van der Waals surface area contributed by atoms with Crippen molar-refractivity contribution < 1.29 is 9.53 Å². The summed E-state index contributed by atoms with van der Waals surface area (Å²) in [6.07, 6.45) is 1.03. The summed E-state index contributed by atoms with van der Waals surface area (Å²) in [6, 6.07) is 3.67. The van der Waals surface area contributed by atoms with Gasteiger partial charge in [0.15, 0.2) is 17.5 Å². The van der Waals surface area contributed by atoms with Gasteiger partial charge < -0.3 is 14.5 Å². The quantitative estimate of drug-likeness (QED) is 0.704.